The molecule has 1 amide bonds. The highest BCUT2D eigenvalue weighted by atomic mass is 32.1. The van der Waals surface area contributed by atoms with Gasteiger partial charge in [-0.3, -0.25) is 4.79 Å². The van der Waals surface area contributed by atoms with Crippen LogP contribution >= 0.6 is 11.3 Å². The molecule has 0 aliphatic heterocycles. The van der Waals surface area contributed by atoms with Gasteiger partial charge in [-0.1, -0.05) is 30.3 Å². The Labute approximate surface area is 173 Å². The molecule has 1 aromatic heterocycles. The molecule has 0 aliphatic rings. The summed E-state index contributed by atoms with van der Waals surface area (Å²) in [6.45, 7) is 1.91. The Hall–Kier alpha value is -3.32. The van der Waals surface area contributed by atoms with Crippen molar-refractivity contribution in [2.24, 2.45) is 0 Å². The summed E-state index contributed by atoms with van der Waals surface area (Å²) >= 11 is 1.33. The number of rotatable bonds is 6. The quantitative estimate of drug-likeness (QED) is 0.591. The van der Waals surface area contributed by atoms with Crippen LogP contribution in [0.15, 0.2) is 48.5 Å². The van der Waals surface area contributed by atoms with E-state index in [0.717, 1.165) is 16.0 Å². The maximum Gasteiger partial charge on any atom is 0.341 e. The molecule has 0 fully saturated rings. The van der Waals surface area contributed by atoms with Gasteiger partial charge >= 0.3 is 5.97 Å². The predicted molar refractivity (Wildman–Crippen MR) is 113 cm³/mol. The number of aryl methyl sites for hydroxylation is 1. The smallest absolute Gasteiger partial charge is 0.341 e. The van der Waals surface area contributed by atoms with Gasteiger partial charge in [0, 0.05) is 16.0 Å². The van der Waals surface area contributed by atoms with Gasteiger partial charge < -0.3 is 19.5 Å². The molecule has 1 heterocycles. The minimum Gasteiger partial charge on any atom is -0.493 e. The minimum atomic E-state index is -0.504. The van der Waals surface area contributed by atoms with Crippen LogP contribution in [0, 0.1) is 6.92 Å². The van der Waals surface area contributed by atoms with Gasteiger partial charge in [-0.2, -0.15) is 0 Å². The molecule has 3 rings (SSSR count). The fraction of sp³-hybridized carbons (Fsp3) is 0.182. The summed E-state index contributed by atoms with van der Waals surface area (Å²) in [6.07, 6.45) is 0. The molecule has 0 aliphatic carbocycles. The molecule has 2 aromatic carbocycles. The van der Waals surface area contributed by atoms with Crippen molar-refractivity contribution < 1.29 is 23.8 Å². The lowest BCUT2D eigenvalue weighted by Crippen LogP contribution is -2.14. The normalized spacial score (nSPS) is 10.3. The van der Waals surface area contributed by atoms with Gasteiger partial charge in [-0.15, -0.1) is 11.3 Å². The zero-order valence-corrected chi connectivity index (χ0v) is 17.4. The second-order valence-corrected chi connectivity index (χ2v) is 7.34. The van der Waals surface area contributed by atoms with Crippen LogP contribution in [0.2, 0.25) is 0 Å². The van der Waals surface area contributed by atoms with E-state index in [1.165, 1.54) is 32.7 Å². The van der Waals surface area contributed by atoms with Gasteiger partial charge in [0.1, 0.15) is 10.6 Å². The molecule has 7 heteroatoms. The summed E-state index contributed by atoms with van der Waals surface area (Å²) < 4.78 is 15.5. The number of benzene rings is 2. The molecule has 0 unspecified atom stereocenters. The number of carbonyl (C=O) groups excluding carboxylic acids is 2. The summed E-state index contributed by atoms with van der Waals surface area (Å²) in [5, 5.41) is 3.28. The number of hydrogen-bond donors (Lipinski definition) is 1. The fourth-order valence-corrected chi connectivity index (χ4v) is 4.09. The van der Waals surface area contributed by atoms with Crippen molar-refractivity contribution in [3.05, 3.63) is 64.5 Å². The number of esters is 1. The minimum absolute atomic E-state index is 0.343. The van der Waals surface area contributed by atoms with Crippen LogP contribution in [0.4, 0.5) is 5.00 Å². The molecular weight excluding hydrogens is 390 g/mol. The third-order valence-electron chi connectivity index (χ3n) is 4.41. The molecule has 0 saturated heterocycles. The van der Waals surface area contributed by atoms with Crippen molar-refractivity contribution in [3.63, 3.8) is 0 Å². The van der Waals surface area contributed by atoms with Crippen molar-refractivity contribution >= 4 is 28.2 Å². The van der Waals surface area contributed by atoms with E-state index in [1.807, 2.05) is 37.3 Å². The van der Waals surface area contributed by atoms with Crippen molar-refractivity contribution in [2.75, 3.05) is 26.6 Å². The average molecular weight is 411 g/mol. The molecular formula is C22H21NO5S. The van der Waals surface area contributed by atoms with E-state index in [-0.39, 0.29) is 5.91 Å². The van der Waals surface area contributed by atoms with Crippen LogP contribution in [0.5, 0.6) is 11.5 Å². The molecule has 0 saturated carbocycles. The predicted octanol–water partition coefficient (Wildman–Crippen LogP) is 4.78. The van der Waals surface area contributed by atoms with E-state index in [2.05, 4.69) is 5.32 Å². The molecule has 3 aromatic rings. The first-order valence-electron chi connectivity index (χ1n) is 8.80. The van der Waals surface area contributed by atoms with Gasteiger partial charge in [0.05, 0.1) is 21.3 Å². The number of amides is 1. The number of methoxy groups -OCH3 is 3. The van der Waals surface area contributed by atoms with Crippen molar-refractivity contribution in [1.82, 2.24) is 0 Å². The summed E-state index contributed by atoms with van der Waals surface area (Å²) in [5.74, 6) is 0.103. The third-order valence-corrected chi connectivity index (χ3v) is 5.43. The Morgan fingerprint density at radius 3 is 2.24 bits per heavy atom. The molecule has 0 atom stereocenters. The van der Waals surface area contributed by atoms with E-state index in [4.69, 9.17) is 14.2 Å². The van der Waals surface area contributed by atoms with Crippen LogP contribution < -0.4 is 14.8 Å². The highest BCUT2D eigenvalue weighted by molar-refractivity contribution is 7.17. The summed E-state index contributed by atoms with van der Waals surface area (Å²) in [5.41, 5.74) is 2.36. The van der Waals surface area contributed by atoms with Gasteiger partial charge in [-0.25, -0.2) is 4.79 Å². The number of ether oxygens (including phenoxy) is 3. The first kappa shape index (κ1) is 20.4. The zero-order valence-electron chi connectivity index (χ0n) is 16.6. The lowest BCUT2D eigenvalue weighted by atomic mass is 10.0. The molecule has 0 bridgehead atoms. The maximum absolute atomic E-state index is 12.8. The van der Waals surface area contributed by atoms with Crippen molar-refractivity contribution in [3.8, 4) is 22.6 Å². The highest BCUT2D eigenvalue weighted by Crippen LogP contribution is 2.40. The van der Waals surface area contributed by atoms with Gasteiger partial charge in [0.15, 0.2) is 11.5 Å². The Morgan fingerprint density at radius 2 is 1.62 bits per heavy atom. The van der Waals surface area contributed by atoms with Crippen LogP contribution in [0.25, 0.3) is 11.1 Å². The lowest BCUT2D eigenvalue weighted by molar-refractivity contribution is 0.0603. The Balaban J connectivity index is 2.01. The number of anilines is 1. The van der Waals surface area contributed by atoms with Crippen LogP contribution in [-0.4, -0.2) is 33.2 Å². The molecule has 150 valence electrons. The second kappa shape index (κ2) is 8.79. The van der Waals surface area contributed by atoms with Crippen molar-refractivity contribution in [2.45, 2.75) is 6.92 Å². The standard InChI is InChI=1S/C22H21NO5S/c1-13-18(14-8-6-5-7-9-14)19(22(25)28-4)21(29-13)23-20(24)15-10-11-16(26-2)17(12-15)27-3/h5-12H,1-4H3,(H,23,24). The summed E-state index contributed by atoms with van der Waals surface area (Å²) in [6, 6.07) is 14.4. The molecule has 29 heavy (non-hydrogen) atoms. The van der Waals surface area contributed by atoms with E-state index in [9.17, 15) is 9.59 Å². The second-order valence-electron chi connectivity index (χ2n) is 6.12. The fourth-order valence-electron chi connectivity index (χ4n) is 3.03. The monoisotopic (exact) mass is 411 g/mol. The van der Waals surface area contributed by atoms with Crippen LogP contribution in [0.3, 0.4) is 0 Å². The molecule has 1 N–H and O–H groups in total. The summed E-state index contributed by atoms with van der Waals surface area (Å²) in [4.78, 5) is 26.3. The molecule has 6 nitrogen and oxygen atoms in total. The Kier molecular flexibility index (Phi) is 6.19. The van der Waals surface area contributed by atoms with E-state index in [1.54, 1.807) is 18.2 Å². The Bertz CT molecular complexity index is 1040. The number of nitrogens with one attached hydrogen (secondary N) is 1. The maximum atomic E-state index is 12.8. The van der Waals surface area contributed by atoms with E-state index < -0.39 is 5.97 Å². The Morgan fingerprint density at radius 1 is 0.931 bits per heavy atom. The third kappa shape index (κ3) is 4.09. The van der Waals surface area contributed by atoms with Crippen LogP contribution in [-0.2, 0) is 4.74 Å². The molecule has 0 spiro atoms. The average Bonchev–Trinajstić information content (AvgIpc) is 3.08. The SMILES string of the molecule is COC(=O)c1c(NC(=O)c2ccc(OC)c(OC)c2)sc(C)c1-c1ccccc1. The van der Waals surface area contributed by atoms with E-state index >= 15 is 0 Å². The number of thiophene rings is 1. The number of carbonyl (C=O) groups is 2. The zero-order chi connectivity index (χ0) is 21.0. The van der Waals surface area contributed by atoms with Gasteiger partial charge in [0.25, 0.3) is 5.91 Å². The topological polar surface area (TPSA) is 73.9 Å². The van der Waals surface area contributed by atoms with Crippen LogP contribution in [0.1, 0.15) is 25.6 Å². The first-order valence-corrected chi connectivity index (χ1v) is 9.62. The highest BCUT2D eigenvalue weighted by Gasteiger charge is 2.25. The molecule has 0 radical (unpaired) electrons. The lowest BCUT2D eigenvalue weighted by Gasteiger charge is -2.10. The largest absolute Gasteiger partial charge is 0.493 e. The van der Waals surface area contributed by atoms with Crippen molar-refractivity contribution in [1.29, 1.82) is 0 Å². The van der Waals surface area contributed by atoms with Gasteiger partial charge in [-0.05, 0) is 30.7 Å². The number of hydrogen-bond acceptors (Lipinski definition) is 6. The van der Waals surface area contributed by atoms with E-state index in [0.29, 0.717) is 27.6 Å². The first-order chi connectivity index (χ1) is 14.0. The summed E-state index contributed by atoms with van der Waals surface area (Å²) in [7, 11) is 4.35. The van der Waals surface area contributed by atoms with Gasteiger partial charge in [0.2, 0.25) is 0 Å².